The fourth-order valence-electron chi connectivity index (χ4n) is 4.09. The first-order valence-corrected chi connectivity index (χ1v) is 13.3. The number of carbonyl (C=O) groups excluding carboxylic acids is 1. The Hall–Kier alpha value is -3.70. The molecule has 192 valence electrons. The number of carbonyl (C=O) groups is 1. The summed E-state index contributed by atoms with van der Waals surface area (Å²) in [4.78, 5) is 20.5. The molecule has 1 aliphatic rings. The zero-order valence-corrected chi connectivity index (χ0v) is 21.0. The van der Waals surface area contributed by atoms with Crippen LogP contribution in [0.3, 0.4) is 0 Å². The third-order valence-electron chi connectivity index (χ3n) is 5.78. The Labute approximate surface area is 215 Å². The highest BCUT2D eigenvalue weighted by molar-refractivity contribution is 7.92. The number of benzene rings is 2. The lowest BCUT2D eigenvalue weighted by Crippen LogP contribution is -2.18. The highest BCUT2D eigenvalue weighted by atomic mass is 35.5. The maximum absolute atomic E-state index is 15.2. The van der Waals surface area contributed by atoms with Crippen LogP contribution >= 0.6 is 11.6 Å². The van der Waals surface area contributed by atoms with Crippen LogP contribution in [-0.4, -0.2) is 43.1 Å². The van der Waals surface area contributed by atoms with E-state index >= 15 is 4.39 Å². The number of anilines is 1. The number of aromatic amines is 1. The molecule has 0 fully saturated rings. The highest BCUT2D eigenvalue weighted by Gasteiger charge is 2.26. The fourth-order valence-corrected chi connectivity index (χ4v) is 5.48. The zero-order valence-electron chi connectivity index (χ0n) is 19.4. The van der Waals surface area contributed by atoms with Crippen LogP contribution in [0, 0.1) is 11.6 Å². The van der Waals surface area contributed by atoms with Gasteiger partial charge in [0.25, 0.3) is 0 Å². The van der Waals surface area contributed by atoms with Crippen LogP contribution < -0.4 is 14.2 Å². The summed E-state index contributed by atoms with van der Waals surface area (Å²) >= 11 is 6.46. The van der Waals surface area contributed by atoms with Crippen LogP contribution in [-0.2, 0) is 10.0 Å². The Morgan fingerprint density at radius 3 is 2.62 bits per heavy atom. The number of halogens is 3. The van der Waals surface area contributed by atoms with E-state index in [9.17, 15) is 17.6 Å². The first-order valence-electron chi connectivity index (χ1n) is 11.3. The molecule has 4 aromatic rings. The van der Waals surface area contributed by atoms with Gasteiger partial charge in [-0.25, -0.2) is 22.2 Å². The second kappa shape index (κ2) is 9.64. The molecular weight excluding hydrogens is 528 g/mol. The third kappa shape index (κ3) is 4.72. The topological polar surface area (TPSA) is 110 Å². The monoisotopic (exact) mass is 547 g/mol. The molecule has 0 aliphatic carbocycles. The number of ether oxygens (including phenoxy) is 2. The molecule has 0 amide bonds. The predicted octanol–water partition coefficient (Wildman–Crippen LogP) is 5.32. The predicted molar refractivity (Wildman–Crippen MR) is 135 cm³/mol. The second-order valence-electron chi connectivity index (χ2n) is 8.33. The van der Waals surface area contributed by atoms with E-state index in [1.165, 1.54) is 12.4 Å². The average Bonchev–Trinajstić information content (AvgIpc) is 3.28. The van der Waals surface area contributed by atoms with Gasteiger partial charge in [-0.1, -0.05) is 18.5 Å². The number of nitrogens with zero attached hydrogens (tertiary/aromatic N) is 1. The summed E-state index contributed by atoms with van der Waals surface area (Å²) in [5.74, 6) is -2.67. The van der Waals surface area contributed by atoms with Crippen LogP contribution in [0.25, 0.3) is 22.2 Å². The van der Waals surface area contributed by atoms with Crippen molar-refractivity contribution in [1.82, 2.24) is 9.97 Å². The number of hydrogen-bond acceptors (Lipinski definition) is 6. The molecule has 0 unspecified atom stereocenters. The minimum Gasteiger partial charge on any atom is -0.486 e. The summed E-state index contributed by atoms with van der Waals surface area (Å²) in [7, 11) is -3.87. The molecule has 3 heterocycles. The molecule has 8 nitrogen and oxygen atoms in total. The smallest absolute Gasteiger partial charge is 0.232 e. The Balaban J connectivity index is 1.57. The van der Waals surface area contributed by atoms with Crippen molar-refractivity contribution in [3.05, 3.63) is 70.5 Å². The van der Waals surface area contributed by atoms with Crippen molar-refractivity contribution >= 4 is 44.1 Å². The van der Waals surface area contributed by atoms with Gasteiger partial charge in [0.1, 0.15) is 24.7 Å². The third-order valence-corrected chi connectivity index (χ3v) is 7.56. The van der Waals surface area contributed by atoms with Gasteiger partial charge in [-0.2, -0.15) is 0 Å². The van der Waals surface area contributed by atoms with Crippen LogP contribution in [0.2, 0.25) is 5.02 Å². The summed E-state index contributed by atoms with van der Waals surface area (Å²) in [5, 5.41) is 0.655. The number of ketones is 1. The summed E-state index contributed by atoms with van der Waals surface area (Å²) < 4.78 is 67.4. The second-order valence-corrected chi connectivity index (χ2v) is 10.6. The van der Waals surface area contributed by atoms with E-state index in [0.717, 1.165) is 12.1 Å². The van der Waals surface area contributed by atoms with Crippen LogP contribution in [0.15, 0.2) is 42.7 Å². The summed E-state index contributed by atoms with van der Waals surface area (Å²) in [6.07, 6.45) is 3.12. The van der Waals surface area contributed by atoms with Gasteiger partial charge < -0.3 is 14.5 Å². The molecule has 2 aromatic heterocycles. The largest absolute Gasteiger partial charge is 0.486 e. The van der Waals surface area contributed by atoms with Gasteiger partial charge in [0.15, 0.2) is 17.3 Å². The van der Waals surface area contributed by atoms with Gasteiger partial charge in [-0.3, -0.25) is 9.52 Å². The summed E-state index contributed by atoms with van der Waals surface area (Å²) in [6.45, 7) is 2.43. The summed E-state index contributed by atoms with van der Waals surface area (Å²) in [5.41, 5.74) is -0.0548. The van der Waals surface area contributed by atoms with Crippen molar-refractivity contribution in [2.75, 3.05) is 23.7 Å². The summed E-state index contributed by atoms with van der Waals surface area (Å²) in [6, 6.07) is 6.71. The van der Waals surface area contributed by atoms with Crippen molar-refractivity contribution in [2.24, 2.45) is 0 Å². The number of aromatic nitrogens is 2. The molecule has 0 spiro atoms. The average molecular weight is 548 g/mol. The van der Waals surface area contributed by atoms with Gasteiger partial charge >= 0.3 is 0 Å². The molecule has 1 aliphatic heterocycles. The minimum absolute atomic E-state index is 0.0515. The maximum atomic E-state index is 15.2. The van der Waals surface area contributed by atoms with Crippen molar-refractivity contribution in [3.63, 3.8) is 0 Å². The normalized spacial score (nSPS) is 13.1. The van der Waals surface area contributed by atoms with Gasteiger partial charge in [0.2, 0.25) is 15.8 Å². The van der Waals surface area contributed by atoms with Crippen LogP contribution in [0.4, 0.5) is 14.5 Å². The van der Waals surface area contributed by atoms with Crippen LogP contribution in [0.1, 0.15) is 29.3 Å². The van der Waals surface area contributed by atoms with Crippen molar-refractivity contribution in [2.45, 2.75) is 13.3 Å². The van der Waals surface area contributed by atoms with E-state index in [4.69, 9.17) is 21.1 Å². The Morgan fingerprint density at radius 1 is 1.16 bits per heavy atom. The van der Waals surface area contributed by atoms with Crippen LogP contribution in [0.5, 0.6) is 11.5 Å². The van der Waals surface area contributed by atoms with E-state index < -0.39 is 38.7 Å². The first-order chi connectivity index (χ1) is 17.7. The minimum atomic E-state index is -3.87. The van der Waals surface area contributed by atoms with E-state index in [1.807, 2.05) is 0 Å². The molecule has 0 saturated heterocycles. The van der Waals surface area contributed by atoms with E-state index in [2.05, 4.69) is 14.7 Å². The van der Waals surface area contributed by atoms with Gasteiger partial charge in [0.05, 0.1) is 22.0 Å². The molecule has 0 atom stereocenters. The molecule has 5 rings (SSSR count). The number of fused-ring (bicyclic) bond motifs is 2. The van der Waals surface area contributed by atoms with Crippen molar-refractivity contribution in [3.8, 4) is 22.6 Å². The van der Waals surface area contributed by atoms with Crippen molar-refractivity contribution in [1.29, 1.82) is 0 Å². The molecule has 2 N–H and O–H groups in total. The zero-order chi connectivity index (χ0) is 26.3. The molecule has 12 heteroatoms. The van der Waals surface area contributed by atoms with E-state index in [-0.39, 0.29) is 11.3 Å². The van der Waals surface area contributed by atoms with Gasteiger partial charge in [-0.15, -0.1) is 0 Å². The molecule has 37 heavy (non-hydrogen) atoms. The van der Waals surface area contributed by atoms with E-state index in [0.29, 0.717) is 58.3 Å². The quantitative estimate of drug-likeness (QED) is 0.303. The Bertz CT molecular complexity index is 1660. The lowest BCUT2D eigenvalue weighted by Gasteiger charge is -2.19. The number of nitrogens with one attached hydrogen (secondary N) is 2. The van der Waals surface area contributed by atoms with E-state index in [1.54, 1.807) is 25.1 Å². The molecule has 0 radical (unpaired) electrons. The number of sulfonamides is 1. The molecular formula is C25H20ClF2N3O5S. The first kappa shape index (κ1) is 25.0. The lowest BCUT2D eigenvalue weighted by atomic mass is 9.99. The Kier molecular flexibility index (Phi) is 6.50. The molecule has 0 bridgehead atoms. The highest BCUT2D eigenvalue weighted by Crippen LogP contribution is 2.40. The maximum Gasteiger partial charge on any atom is 0.232 e. The number of H-pyrrole nitrogens is 1. The number of hydrogen-bond donors (Lipinski definition) is 2. The molecule has 0 saturated carbocycles. The lowest BCUT2D eigenvalue weighted by molar-refractivity contribution is 0.103. The SMILES string of the molecule is CCCS(=O)(=O)Nc1ccc(F)c(C(=O)c2c[nH]c3ncc(-c4cc5c(cc4Cl)OCCO5)cc23)c1F. The number of rotatable bonds is 7. The molecule has 2 aromatic carbocycles. The fraction of sp³-hybridized carbons (Fsp3) is 0.200. The number of pyridine rings is 1. The van der Waals surface area contributed by atoms with Gasteiger partial charge in [-0.05, 0) is 30.7 Å². The Morgan fingerprint density at radius 2 is 1.89 bits per heavy atom. The standard InChI is InChI=1S/C25H20ClF2N3O5S/c1-2-7-37(33,34)31-19-4-3-18(27)22(23(19)28)24(32)16-12-30-25-15(16)8-13(11-29-25)14-9-20-21(10-17(14)26)36-6-5-35-20/h3-4,8-12,31H,2,5-7H2,1H3,(H,29,30). The van der Waals surface area contributed by atoms with Gasteiger partial charge in [0, 0.05) is 40.5 Å². The van der Waals surface area contributed by atoms with Crippen molar-refractivity contribution < 1.29 is 31.5 Å².